The first-order valence-electron chi connectivity index (χ1n) is 8.27. The minimum Gasteiger partial charge on any atom is -0.467 e. The molecule has 0 saturated heterocycles. The molecule has 0 spiro atoms. The van der Waals surface area contributed by atoms with Crippen molar-refractivity contribution in [2.24, 2.45) is 0 Å². The number of amides is 1. The molecule has 1 atom stereocenters. The van der Waals surface area contributed by atoms with Crippen LogP contribution in [0, 0.1) is 10.1 Å². The van der Waals surface area contributed by atoms with Crippen LogP contribution in [0.4, 0.5) is 5.69 Å². The van der Waals surface area contributed by atoms with Crippen LogP contribution in [0.5, 0.6) is 0 Å². The van der Waals surface area contributed by atoms with Gasteiger partial charge in [-0.2, -0.15) is 0 Å². The molecule has 11 heteroatoms. The number of rotatable bonds is 11. The van der Waals surface area contributed by atoms with Gasteiger partial charge in [-0.3, -0.25) is 14.9 Å². The van der Waals surface area contributed by atoms with Crippen LogP contribution in [0.3, 0.4) is 0 Å². The van der Waals surface area contributed by atoms with Crippen LogP contribution in [0.15, 0.2) is 24.3 Å². The zero-order valence-electron chi connectivity index (χ0n) is 15.1. The van der Waals surface area contributed by atoms with Gasteiger partial charge < -0.3 is 10.1 Å². The quantitative estimate of drug-likeness (QED) is 0.318. The summed E-state index contributed by atoms with van der Waals surface area (Å²) in [6.07, 6.45) is 1.87. The molecule has 1 rings (SSSR count). The van der Waals surface area contributed by atoms with E-state index in [1.807, 2.05) is 6.92 Å². The predicted molar refractivity (Wildman–Crippen MR) is 97.2 cm³/mol. The molecule has 0 aromatic heterocycles. The van der Waals surface area contributed by atoms with Gasteiger partial charge in [0.05, 0.1) is 24.3 Å². The van der Waals surface area contributed by atoms with Gasteiger partial charge >= 0.3 is 5.97 Å². The zero-order chi connectivity index (χ0) is 20.4. The van der Waals surface area contributed by atoms with Crippen LogP contribution >= 0.6 is 0 Å². The van der Waals surface area contributed by atoms with Crippen molar-refractivity contribution in [3.63, 3.8) is 0 Å². The van der Waals surface area contributed by atoms with E-state index in [4.69, 9.17) is 0 Å². The number of para-hydroxylation sites is 1. The summed E-state index contributed by atoms with van der Waals surface area (Å²) in [4.78, 5) is 33.9. The van der Waals surface area contributed by atoms with E-state index in [-0.39, 0.29) is 11.3 Å². The summed E-state index contributed by atoms with van der Waals surface area (Å²) < 4.78 is 30.9. The smallest absolute Gasteiger partial charge is 0.328 e. The number of carbonyl (C=O) groups is 2. The van der Waals surface area contributed by atoms with Crippen molar-refractivity contribution in [1.29, 1.82) is 0 Å². The van der Waals surface area contributed by atoms with Crippen molar-refractivity contribution in [2.45, 2.75) is 38.0 Å². The fourth-order valence-electron chi connectivity index (χ4n) is 2.29. The second-order valence-electron chi connectivity index (χ2n) is 5.75. The lowest BCUT2D eigenvalue weighted by Crippen LogP contribution is -2.46. The number of hydrogen-bond acceptors (Lipinski definition) is 7. The maximum absolute atomic E-state index is 12.1. The Labute approximate surface area is 157 Å². The van der Waals surface area contributed by atoms with Gasteiger partial charge in [0.2, 0.25) is 15.9 Å². The van der Waals surface area contributed by atoms with Gasteiger partial charge in [-0.1, -0.05) is 38.0 Å². The third kappa shape index (κ3) is 7.71. The largest absolute Gasteiger partial charge is 0.467 e. The Hall–Kier alpha value is -2.53. The fraction of sp³-hybridized carbons (Fsp3) is 0.500. The Morgan fingerprint density at radius 1 is 1.30 bits per heavy atom. The van der Waals surface area contributed by atoms with Crippen molar-refractivity contribution < 1.29 is 27.7 Å². The molecule has 150 valence electrons. The monoisotopic (exact) mass is 401 g/mol. The van der Waals surface area contributed by atoms with E-state index >= 15 is 0 Å². The topological polar surface area (TPSA) is 145 Å². The summed E-state index contributed by atoms with van der Waals surface area (Å²) in [7, 11) is -2.80. The first-order valence-corrected chi connectivity index (χ1v) is 9.92. The lowest BCUT2D eigenvalue weighted by atomic mass is 10.1. The molecule has 0 saturated carbocycles. The molecule has 1 aromatic rings. The summed E-state index contributed by atoms with van der Waals surface area (Å²) in [6.45, 7) is 1.33. The van der Waals surface area contributed by atoms with Gasteiger partial charge in [-0.05, 0) is 6.42 Å². The molecule has 0 heterocycles. The standard InChI is InChI=1S/C16H23N3O7S/c1-3-4-8-13(16(21)26-2)18-15(20)10-17-27(24,25)11-12-7-5-6-9-14(12)19(22)23/h5-7,9,13,17H,3-4,8,10-11H2,1-2H3,(H,18,20). The lowest BCUT2D eigenvalue weighted by molar-refractivity contribution is -0.385. The average Bonchev–Trinajstić information content (AvgIpc) is 2.62. The molecular weight excluding hydrogens is 378 g/mol. The molecule has 0 aliphatic carbocycles. The Bertz CT molecular complexity index is 780. The van der Waals surface area contributed by atoms with E-state index in [9.17, 15) is 28.1 Å². The highest BCUT2D eigenvalue weighted by Crippen LogP contribution is 2.19. The Morgan fingerprint density at radius 2 is 1.96 bits per heavy atom. The van der Waals surface area contributed by atoms with Crippen LogP contribution in [-0.2, 0) is 30.1 Å². The number of esters is 1. The second kappa shape index (κ2) is 10.6. The van der Waals surface area contributed by atoms with Crippen molar-refractivity contribution in [3.8, 4) is 0 Å². The van der Waals surface area contributed by atoms with E-state index in [1.54, 1.807) is 0 Å². The van der Waals surface area contributed by atoms with Gasteiger partial charge in [-0.15, -0.1) is 0 Å². The van der Waals surface area contributed by atoms with Gasteiger partial charge in [0.25, 0.3) is 5.69 Å². The first-order chi connectivity index (χ1) is 12.7. The number of methoxy groups -OCH3 is 1. The summed E-state index contributed by atoms with van der Waals surface area (Å²) in [5, 5.41) is 13.4. The van der Waals surface area contributed by atoms with Crippen LogP contribution in [-0.4, -0.2) is 44.9 Å². The molecule has 1 aromatic carbocycles. The highest BCUT2D eigenvalue weighted by Gasteiger charge is 2.23. The highest BCUT2D eigenvalue weighted by atomic mass is 32.2. The number of nitrogens with zero attached hydrogens (tertiary/aromatic N) is 1. The van der Waals surface area contributed by atoms with Gasteiger partial charge in [0, 0.05) is 11.6 Å². The number of benzene rings is 1. The van der Waals surface area contributed by atoms with E-state index < -0.39 is 45.2 Å². The Morgan fingerprint density at radius 3 is 2.56 bits per heavy atom. The van der Waals surface area contributed by atoms with Gasteiger partial charge in [0.15, 0.2) is 0 Å². The SMILES string of the molecule is CCCCC(NC(=O)CNS(=O)(=O)Cc1ccccc1[N+](=O)[O-])C(=O)OC. The molecule has 1 unspecified atom stereocenters. The van der Waals surface area contributed by atoms with Crippen molar-refractivity contribution in [1.82, 2.24) is 10.0 Å². The van der Waals surface area contributed by atoms with Crippen LogP contribution in [0.25, 0.3) is 0 Å². The summed E-state index contributed by atoms with van der Waals surface area (Å²) in [5.74, 6) is -1.96. The Kier molecular flexibility index (Phi) is 8.82. The summed E-state index contributed by atoms with van der Waals surface area (Å²) in [5.41, 5.74) is -0.316. The molecule has 1 amide bonds. The van der Waals surface area contributed by atoms with Crippen LogP contribution in [0.1, 0.15) is 31.7 Å². The third-order valence-corrected chi connectivity index (χ3v) is 4.93. The number of unbranched alkanes of at least 4 members (excludes halogenated alkanes) is 1. The number of nitro benzene ring substituents is 1. The lowest BCUT2D eigenvalue weighted by Gasteiger charge is -2.16. The molecule has 10 nitrogen and oxygen atoms in total. The van der Waals surface area contributed by atoms with Gasteiger partial charge in [-0.25, -0.2) is 17.9 Å². The second-order valence-corrected chi connectivity index (χ2v) is 7.56. The highest BCUT2D eigenvalue weighted by molar-refractivity contribution is 7.88. The molecule has 27 heavy (non-hydrogen) atoms. The van der Waals surface area contributed by atoms with E-state index in [1.165, 1.54) is 31.4 Å². The number of sulfonamides is 1. The molecule has 0 bridgehead atoms. The summed E-state index contributed by atoms with van der Waals surface area (Å²) >= 11 is 0. The molecule has 2 N–H and O–H groups in total. The fourth-order valence-corrected chi connectivity index (χ4v) is 3.39. The summed E-state index contributed by atoms with van der Waals surface area (Å²) in [6, 6.07) is 4.58. The van der Waals surface area contributed by atoms with Crippen LogP contribution < -0.4 is 10.0 Å². The maximum atomic E-state index is 12.1. The molecule has 0 aliphatic rings. The van der Waals surface area contributed by atoms with E-state index in [0.717, 1.165) is 6.42 Å². The van der Waals surface area contributed by atoms with E-state index in [2.05, 4.69) is 14.8 Å². The van der Waals surface area contributed by atoms with Crippen molar-refractivity contribution in [3.05, 3.63) is 39.9 Å². The minimum absolute atomic E-state index is 0.00536. The molecular formula is C16H23N3O7S. The number of nitro groups is 1. The first kappa shape index (κ1) is 22.5. The number of carbonyl (C=O) groups excluding carboxylic acids is 2. The number of hydrogen-bond donors (Lipinski definition) is 2. The average molecular weight is 401 g/mol. The third-order valence-electron chi connectivity index (χ3n) is 3.65. The minimum atomic E-state index is -4.00. The Balaban J connectivity index is 2.68. The molecule has 0 radical (unpaired) electrons. The van der Waals surface area contributed by atoms with Crippen LogP contribution in [0.2, 0.25) is 0 Å². The zero-order valence-corrected chi connectivity index (χ0v) is 16.0. The van der Waals surface area contributed by atoms with Gasteiger partial charge in [0.1, 0.15) is 6.04 Å². The maximum Gasteiger partial charge on any atom is 0.328 e. The molecule has 0 aliphatic heterocycles. The molecule has 0 fully saturated rings. The number of ether oxygens (including phenoxy) is 1. The van der Waals surface area contributed by atoms with E-state index in [0.29, 0.717) is 12.8 Å². The van der Waals surface area contributed by atoms with Crippen molar-refractivity contribution >= 4 is 27.6 Å². The van der Waals surface area contributed by atoms with Crippen molar-refractivity contribution in [2.75, 3.05) is 13.7 Å². The number of nitrogens with one attached hydrogen (secondary N) is 2. The predicted octanol–water partition coefficient (Wildman–Crippen LogP) is 0.862. The normalized spacial score (nSPS) is 12.2.